The Kier molecular flexibility index (Phi) is 3.76. The number of aliphatic hydroxyl groups excluding tert-OH is 1. The van der Waals surface area contributed by atoms with E-state index in [1.807, 2.05) is 12.1 Å². The molecule has 0 saturated carbocycles. The van der Waals surface area contributed by atoms with Crippen molar-refractivity contribution >= 4 is 11.5 Å². The fourth-order valence-corrected chi connectivity index (χ4v) is 2.87. The maximum atomic E-state index is 11.4. The zero-order chi connectivity index (χ0) is 14.8. The first-order valence-corrected chi connectivity index (χ1v) is 7.25. The van der Waals surface area contributed by atoms with Crippen LogP contribution in [0.4, 0.5) is 5.69 Å². The molecule has 0 spiro atoms. The average molecular weight is 281 g/mol. The predicted molar refractivity (Wildman–Crippen MR) is 83.8 cm³/mol. The summed E-state index contributed by atoms with van der Waals surface area (Å²) in [6.45, 7) is 3.58. The topological polar surface area (TPSA) is 40.5 Å². The number of nitrogens with zero attached hydrogens (tertiary/aromatic N) is 1. The number of ketones is 1. The van der Waals surface area contributed by atoms with Gasteiger partial charge < -0.3 is 10.0 Å². The first kappa shape index (κ1) is 13.8. The molecule has 0 aliphatic carbocycles. The van der Waals surface area contributed by atoms with E-state index in [0.717, 1.165) is 19.5 Å². The van der Waals surface area contributed by atoms with Crippen molar-refractivity contribution in [1.29, 1.82) is 0 Å². The van der Waals surface area contributed by atoms with Crippen LogP contribution in [0, 0.1) is 6.92 Å². The van der Waals surface area contributed by atoms with E-state index in [9.17, 15) is 4.79 Å². The van der Waals surface area contributed by atoms with Crippen LogP contribution in [-0.4, -0.2) is 24.0 Å². The molecule has 108 valence electrons. The summed E-state index contributed by atoms with van der Waals surface area (Å²) in [4.78, 5) is 13.8. The molecule has 0 aromatic heterocycles. The molecule has 2 aromatic carbocycles. The lowest BCUT2D eigenvalue weighted by atomic mass is 10.1. The van der Waals surface area contributed by atoms with Gasteiger partial charge in [-0.1, -0.05) is 42.0 Å². The Morgan fingerprint density at radius 3 is 2.67 bits per heavy atom. The van der Waals surface area contributed by atoms with Crippen molar-refractivity contribution in [2.24, 2.45) is 0 Å². The highest BCUT2D eigenvalue weighted by molar-refractivity contribution is 5.96. The Bertz CT molecular complexity index is 661. The fourth-order valence-electron chi connectivity index (χ4n) is 2.87. The van der Waals surface area contributed by atoms with E-state index in [0.29, 0.717) is 5.56 Å². The number of carbonyl (C=O) groups excluding carboxylic acids is 1. The highest BCUT2D eigenvalue weighted by Crippen LogP contribution is 2.30. The van der Waals surface area contributed by atoms with Crippen molar-refractivity contribution in [3.05, 3.63) is 64.7 Å². The number of rotatable bonds is 4. The van der Waals surface area contributed by atoms with Gasteiger partial charge in [0, 0.05) is 24.3 Å². The Morgan fingerprint density at radius 2 is 1.95 bits per heavy atom. The predicted octanol–water partition coefficient (Wildman–Crippen LogP) is 2.73. The van der Waals surface area contributed by atoms with Gasteiger partial charge in [0.1, 0.15) is 6.61 Å². The first-order valence-electron chi connectivity index (χ1n) is 7.25. The van der Waals surface area contributed by atoms with Gasteiger partial charge in [-0.3, -0.25) is 4.79 Å². The van der Waals surface area contributed by atoms with Gasteiger partial charge >= 0.3 is 0 Å². The van der Waals surface area contributed by atoms with Crippen LogP contribution in [0.1, 0.15) is 27.0 Å². The summed E-state index contributed by atoms with van der Waals surface area (Å²) in [5.74, 6) is -0.233. The molecule has 3 heteroatoms. The number of benzene rings is 2. The zero-order valence-corrected chi connectivity index (χ0v) is 12.2. The average Bonchev–Trinajstić information content (AvgIpc) is 2.89. The second-order valence-corrected chi connectivity index (χ2v) is 5.58. The molecule has 3 rings (SSSR count). The molecule has 3 nitrogen and oxygen atoms in total. The maximum Gasteiger partial charge on any atom is 0.188 e. The number of carbonyl (C=O) groups is 1. The smallest absolute Gasteiger partial charge is 0.188 e. The maximum absolute atomic E-state index is 11.4. The molecule has 0 saturated heterocycles. The highest BCUT2D eigenvalue weighted by atomic mass is 16.3. The molecule has 21 heavy (non-hydrogen) atoms. The van der Waals surface area contributed by atoms with Gasteiger partial charge in [-0.05, 0) is 30.5 Å². The van der Waals surface area contributed by atoms with Crippen molar-refractivity contribution < 1.29 is 9.90 Å². The molecule has 1 aliphatic rings. The molecule has 0 amide bonds. The molecular formula is C18H19NO2. The third-order valence-corrected chi connectivity index (χ3v) is 4.02. The van der Waals surface area contributed by atoms with Crippen LogP contribution in [-0.2, 0) is 13.0 Å². The van der Waals surface area contributed by atoms with Gasteiger partial charge in [-0.15, -0.1) is 0 Å². The second kappa shape index (κ2) is 5.70. The van der Waals surface area contributed by atoms with Crippen LogP contribution >= 0.6 is 0 Å². The fraction of sp³-hybridized carbons (Fsp3) is 0.278. The van der Waals surface area contributed by atoms with Gasteiger partial charge in [-0.2, -0.15) is 0 Å². The number of aryl methyl sites for hydroxylation is 1. The van der Waals surface area contributed by atoms with Crippen LogP contribution in [0.15, 0.2) is 42.5 Å². The lowest BCUT2D eigenvalue weighted by Gasteiger charge is -2.19. The number of Topliss-reactive ketones (excluding diaryl/α,β-unsaturated/α-hetero) is 1. The van der Waals surface area contributed by atoms with Crippen molar-refractivity contribution in [3.63, 3.8) is 0 Å². The first-order chi connectivity index (χ1) is 10.2. The standard InChI is InChI=1S/C18H19NO2/c1-13-2-7-17-16(10-13)8-9-19(17)11-14-3-5-15(6-4-14)18(21)12-20/h2-7,10,20H,8-9,11-12H2,1H3. The van der Waals surface area contributed by atoms with Crippen molar-refractivity contribution in [2.75, 3.05) is 18.1 Å². The van der Waals surface area contributed by atoms with E-state index >= 15 is 0 Å². The normalized spacial score (nSPS) is 13.3. The summed E-state index contributed by atoms with van der Waals surface area (Å²) in [6, 6.07) is 14.1. The summed E-state index contributed by atoms with van der Waals surface area (Å²) in [5, 5.41) is 8.86. The second-order valence-electron chi connectivity index (χ2n) is 5.58. The molecule has 0 fully saturated rings. The third kappa shape index (κ3) is 2.83. The molecule has 1 N–H and O–H groups in total. The summed E-state index contributed by atoms with van der Waals surface area (Å²) in [5.41, 5.74) is 5.79. The van der Waals surface area contributed by atoms with Gasteiger partial charge in [0.25, 0.3) is 0 Å². The number of aliphatic hydroxyl groups is 1. The van der Waals surface area contributed by atoms with Crippen LogP contribution in [0.2, 0.25) is 0 Å². The van der Waals surface area contributed by atoms with Gasteiger partial charge in [0.2, 0.25) is 0 Å². The molecule has 0 unspecified atom stereocenters. The van der Waals surface area contributed by atoms with Crippen LogP contribution in [0.25, 0.3) is 0 Å². The minimum Gasteiger partial charge on any atom is -0.388 e. The molecular weight excluding hydrogens is 262 g/mol. The minimum atomic E-state index is -0.432. The summed E-state index contributed by atoms with van der Waals surface area (Å²) in [7, 11) is 0. The van der Waals surface area contributed by atoms with Gasteiger partial charge in [-0.25, -0.2) is 0 Å². The van der Waals surface area contributed by atoms with Gasteiger partial charge in [0.15, 0.2) is 5.78 Å². The minimum absolute atomic E-state index is 0.233. The lowest BCUT2D eigenvalue weighted by molar-refractivity contribution is 0.0903. The monoisotopic (exact) mass is 281 g/mol. The van der Waals surface area contributed by atoms with Crippen LogP contribution < -0.4 is 4.90 Å². The van der Waals surface area contributed by atoms with E-state index in [-0.39, 0.29) is 5.78 Å². The van der Waals surface area contributed by atoms with E-state index in [4.69, 9.17) is 5.11 Å². The number of anilines is 1. The molecule has 0 radical (unpaired) electrons. The summed E-state index contributed by atoms with van der Waals surface area (Å²) >= 11 is 0. The van der Waals surface area contributed by atoms with Crippen LogP contribution in [0.3, 0.4) is 0 Å². The van der Waals surface area contributed by atoms with Crippen LogP contribution in [0.5, 0.6) is 0 Å². The summed E-state index contributed by atoms with van der Waals surface area (Å²) in [6.07, 6.45) is 1.10. The Balaban J connectivity index is 1.75. The Hall–Kier alpha value is -2.13. The molecule has 1 heterocycles. The van der Waals surface area contributed by atoms with E-state index in [2.05, 4.69) is 30.0 Å². The third-order valence-electron chi connectivity index (χ3n) is 4.02. The number of hydrogen-bond acceptors (Lipinski definition) is 3. The molecule has 0 atom stereocenters. The quantitative estimate of drug-likeness (QED) is 0.876. The molecule has 0 bridgehead atoms. The van der Waals surface area contributed by atoms with Crippen molar-refractivity contribution in [3.8, 4) is 0 Å². The van der Waals surface area contributed by atoms with E-state index in [1.165, 1.54) is 22.4 Å². The largest absolute Gasteiger partial charge is 0.388 e. The lowest BCUT2D eigenvalue weighted by Crippen LogP contribution is -2.19. The number of hydrogen-bond donors (Lipinski definition) is 1. The molecule has 1 aliphatic heterocycles. The van der Waals surface area contributed by atoms with Crippen molar-refractivity contribution in [2.45, 2.75) is 19.9 Å². The SMILES string of the molecule is Cc1ccc2c(c1)CCN2Cc1ccc(C(=O)CO)cc1. The molecule has 2 aromatic rings. The van der Waals surface area contributed by atoms with E-state index in [1.54, 1.807) is 12.1 Å². The number of fused-ring (bicyclic) bond motifs is 1. The highest BCUT2D eigenvalue weighted by Gasteiger charge is 2.18. The zero-order valence-electron chi connectivity index (χ0n) is 12.2. The Morgan fingerprint density at radius 1 is 1.19 bits per heavy atom. The van der Waals surface area contributed by atoms with Crippen molar-refractivity contribution in [1.82, 2.24) is 0 Å². The Labute approximate surface area is 124 Å². The summed E-state index contributed by atoms with van der Waals surface area (Å²) < 4.78 is 0. The van der Waals surface area contributed by atoms with Gasteiger partial charge in [0.05, 0.1) is 0 Å². The van der Waals surface area contributed by atoms with E-state index < -0.39 is 6.61 Å².